The lowest BCUT2D eigenvalue weighted by molar-refractivity contribution is 0.0465. The van der Waals surface area contributed by atoms with Gasteiger partial charge in [0.15, 0.2) is 0 Å². The van der Waals surface area contributed by atoms with E-state index in [-0.39, 0.29) is 6.10 Å². The summed E-state index contributed by atoms with van der Waals surface area (Å²) in [6.07, 6.45) is 2.96. The Hall–Kier alpha value is -1.20. The van der Waals surface area contributed by atoms with Crippen LogP contribution in [0.25, 0.3) is 0 Å². The van der Waals surface area contributed by atoms with Gasteiger partial charge in [-0.3, -0.25) is 4.90 Å². The third-order valence-electron chi connectivity index (χ3n) is 4.26. The zero-order valence-electron chi connectivity index (χ0n) is 13.4. The topological polar surface area (TPSA) is 32.7 Å². The summed E-state index contributed by atoms with van der Waals surface area (Å²) in [5.74, 6) is 0. The molecule has 23 heavy (non-hydrogen) atoms. The summed E-state index contributed by atoms with van der Waals surface area (Å²) in [4.78, 5) is 2.34. The Morgan fingerprint density at radius 1 is 1.22 bits per heavy atom. The van der Waals surface area contributed by atoms with Crippen molar-refractivity contribution in [2.45, 2.75) is 38.0 Å². The molecule has 3 nitrogen and oxygen atoms in total. The van der Waals surface area contributed by atoms with Crippen molar-refractivity contribution in [1.29, 1.82) is 0 Å². The Balaban J connectivity index is 1.57. The predicted octanol–water partition coefficient (Wildman–Crippen LogP) is 3.33. The molecule has 0 aliphatic carbocycles. The van der Waals surface area contributed by atoms with E-state index in [1.54, 1.807) is 11.3 Å². The molecule has 1 aromatic carbocycles. The van der Waals surface area contributed by atoms with Crippen molar-refractivity contribution in [3.63, 3.8) is 0 Å². The molecule has 0 radical (unpaired) electrons. The normalized spacial score (nSPS) is 19.3. The summed E-state index contributed by atoms with van der Waals surface area (Å²) in [7, 11) is 0. The fourth-order valence-electron chi connectivity index (χ4n) is 3.17. The number of aliphatic hydroxyl groups is 1. The molecule has 0 bridgehead atoms. The number of thiophene rings is 1. The number of hydrogen-bond donors (Lipinski definition) is 1. The van der Waals surface area contributed by atoms with Gasteiger partial charge in [0, 0.05) is 26.2 Å². The molecule has 1 N–H and O–H groups in total. The van der Waals surface area contributed by atoms with Crippen LogP contribution in [0.5, 0.6) is 0 Å². The fourth-order valence-corrected chi connectivity index (χ4v) is 3.83. The van der Waals surface area contributed by atoms with Crippen LogP contribution in [0.1, 0.15) is 24.0 Å². The molecule has 1 aromatic heterocycles. The first kappa shape index (κ1) is 16.7. The molecule has 2 atom stereocenters. The molecule has 4 heteroatoms. The van der Waals surface area contributed by atoms with Crippen LogP contribution in [0.15, 0.2) is 47.2 Å². The molecule has 0 amide bonds. The monoisotopic (exact) mass is 331 g/mol. The van der Waals surface area contributed by atoms with Gasteiger partial charge in [-0.05, 0) is 47.2 Å². The summed E-state index contributed by atoms with van der Waals surface area (Å²) in [5.41, 5.74) is 2.51. The molecule has 124 valence electrons. The molecule has 1 aliphatic heterocycles. The van der Waals surface area contributed by atoms with Gasteiger partial charge < -0.3 is 9.84 Å². The smallest absolute Gasteiger partial charge is 0.0707 e. The number of aliphatic hydroxyl groups excluding tert-OH is 1. The highest BCUT2D eigenvalue weighted by Crippen LogP contribution is 2.17. The third-order valence-corrected chi connectivity index (χ3v) is 4.99. The number of hydrogen-bond acceptors (Lipinski definition) is 4. The molecule has 1 fully saturated rings. The molecular formula is C19H25NO2S. The van der Waals surface area contributed by atoms with Crippen LogP contribution in [0, 0.1) is 0 Å². The van der Waals surface area contributed by atoms with E-state index in [0.29, 0.717) is 19.1 Å². The van der Waals surface area contributed by atoms with Gasteiger partial charge in [0.2, 0.25) is 0 Å². The highest BCUT2D eigenvalue weighted by Gasteiger charge is 2.21. The van der Waals surface area contributed by atoms with Crippen LogP contribution in [0.2, 0.25) is 0 Å². The maximum absolute atomic E-state index is 10.5. The summed E-state index contributed by atoms with van der Waals surface area (Å²) in [6, 6.07) is 12.4. The fraction of sp³-hybridized carbons (Fsp3) is 0.474. The lowest BCUT2D eigenvalue weighted by Gasteiger charge is -2.27. The van der Waals surface area contributed by atoms with Gasteiger partial charge in [0.1, 0.15) is 0 Å². The average molecular weight is 331 g/mol. The molecule has 3 rings (SSSR count). The molecule has 2 heterocycles. The van der Waals surface area contributed by atoms with Crippen LogP contribution < -0.4 is 0 Å². The first-order valence-electron chi connectivity index (χ1n) is 8.36. The van der Waals surface area contributed by atoms with Crippen LogP contribution >= 0.6 is 11.3 Å². The standard InChI is InChI=1S/C19H25NO2S/c21-18(11-16-5-2-1-3-6-16)13-20(12-17-8-10-23-15-17)14-19-7-4-9-22-19/h1-3,5-6,8,10,15,18-19,21H,4,7,9,11-14H2/t18-,19-/m0/s1. The second-order valence-electron chi connectivity index (χ2n) is 6.30. The minimum Gasteiger partial charge on any atom is -0.391 e. The van der Waals surface area contributed by atoms with Crippen molar-refractivity contribution in [3.05, 3.63) is 58.3 Å². The summed E-state index contributed by atoms with van der Waals surface area (Å²) >= 11 is 1.73. The Bertz CT molecular complexity index is 552. The Kier molecular flexibility index (Phi) is 6.22. The van der Waals surface area contributed by atoms with E-state index in [9.17, 15) is 5.11 Å². The van der Waals surface area contributed by atoms with E-state index < -0.39 is 0 Å². The van der Waals surface area contributed by atoms with Gasteiger partial charge >= 0.3 is 0 Å². The van der Waals surface area contributed by atoms with Crippen molar-refractivity contribution in [1.82, 2.24) is 4.90 Å². The molecule has 0 unspecified atom stereocenters. The van der Waals surface area contributed by atoms with Crippen LogP contribution in [0.3, 0.4) is 0 Å². The van der Waals surface area contributed by atoms with E-state index >= 15 is 0 Å². The van der Waals surface area contributed by atoms with Crippen molar-refractivity contribution >= 4 is 11.3 Å². The van der Waals surface area contributed by atoms with E-state index in [0.717, 1.165) is 32.5 Å². The van der Waals surface area contributed by atoms with Gasteiger partial charge in [0.05, 0.1) is 12.2 Å². The molecule has 1 aliphatic rings. The Morgan fingerprint density at radius 2 is 2.09 bits per heavy atom. The number of rotatable bonds is 8. The molecule has 0 spiro atoms. The Morgan fingerprint density at radius 3 is 2.78 bits per heavy atom. The maximum atomic E-state index is 10.5. The minimum atomic E-state index is -0.350. The molecule has 1 saturated heterocycles. The lowest BCUT2D eigenvalue weighted by atomic mass is 10.1. The predicted molar refractivity (Wildman–Crippen MR) is 94.7 cm³/mol. The van der Waals surface area contributed by atoms with Gasteiger partial charge in [-0.15, -0.1) is 0 Å². The largest absolute Gasteiger partial charge is 0.391 e. The van der Waals surface area contributed by atoms with Gasteiger partial charge in [-0.25, -0.2) is 0 Å². The highest BCUT2D eigenvalue weighted by atomic mass is 32.1. The SMILES string of the molecule is O[C@@H](Cc1ccccc1)CN(Cc1ccsc1)C[C@@H]1CCCO1. The van der Waals surface area contributed by atoms with Crippen LogP contribution in [0.4, 0.5) is 0 Å². The second-order valence-corrected chi connectivity index (χ2v) is 7.08. The van der Waals surface area contributed by atoms with Crippen molar-refractivity contribution in [3.8, 4) is 0 Å². The first-order valence-corrected chi connectivity index (χ1v) is 9.31. The van der Waals surface area contributed by atoms with E-state index in [4.69, 9.17) is 4.74 Å². The van der Waals surface area contributed by atoms with E-state index in [1.807, 2.05) is 18.2 Å². The van der Waals surface area contributed by atoms with Crippen LogP contribution in [-0.2, 0) is 17.7 Å². The van der Waals surface area contributed by atoms with Gasteiger partial charge in [-0.1, -0.05) is 30.3 Å². The molecular weight excluding hydrogens is 306 g/mol. The van der Waals surface area contributed by atoms with Gasteiger partial charge in [-0.2, -0.15) is 11.3 Å². The van der Waals surface area contributed by atoms with Crippen molar-refractivity contribution in [2.75, 3.05) is 19.7 Å². The maximum Gasteiger partial charge on any atom is 0.0707 e. The summed E-state index contributed by atoms with van der Waals surface area (Å²) < 4.78 is 5.78. The first-order chi connectivity index (χ1) is 11.3. The summed E-state index contributed by atoms with van der Waals surface area (Å²) in [5, 5.41) is 14.8. The van der Waals surface area contributed by atoms with Crippen molar-refractivity contribution < 1.29 is 9.84 Å². The number of ether oxygens (including phenoxy) is 1. The Labute approximate surface area is 142 Å². The van der Waals surface area contributed by atoms with Crippen molar-refractivity contribution in [2.24, 2.45) is 0 Å². The quantitative estimate of drug-likeness (QED) is 0.805. The second kappa shape index (κ2) is 8.60. The molecule has 0 saturated carbocycles. The third kappa shape index (κ3) is 5.43. The number of benzene rings is 1. The minimum absolute atomic E-state index is 0.317. The average Bonchev–Trinajstić information content (AvgIpc) is 3.22. The van der Waals surface area contributed by atoms with E-state index in [1.165, 1.54) is 11.1 Å². The molecule has 2 aromatic rings. The number of nitrogens with zero attached hydrogens (tertiary/aromatic N) is 1. The van der Waals surface area contributed by atoms with Crippen LogP contribution in [-0.4, -0.2) is 41.9 Å². The zero-order chi connectivity index (χ0) is 15.9. The van der Waals surface area contributed by atoms with Gasteiger partial charge in [0.25, 0.3) is 0 Å². The van der Waals surface area contributed by atoms with E-state index in [2.05, 4.69) is 33.9 Å². The lowest BCUT2D eigenvalue weighted by Crippen LogP contribution is -2.38. The highest BCUT2D eigenvalue weighted by molar-refractivity contribution is 7.07. The zero-order valence-corrected chi connectivity index (χ0v) is 14.3. The summed E-state index contributed by atoms with van der Waals surface area (Å²) in [6.45, 7) is 3.35.